The Balaban J connectivity index is 1.43. The zero-order valence-corrected chi connectivity index (χ0v) is 19.7. The second kappa shape index (κ2) is 11.3. The highest BCUT2D eigenvalue weighted by Gasteiger charge is 2.23. The fourth-order valence-electron chi connectivity index (χ4n) is 4.19. The summed E-state index contributed by atoms with van der Waals surface area (Å²) in [4.78, 5) is 30.6. The van der Waals surface area contributed by atoms with Gasteiger partial charge in [-0.15, -0.1) is 0 Å². The van der Waals surface area contributed by atoms with Crippen molar-refractivity contribution in [2.24, 2.45) is 11.7 Å². The maximum atomic E-state index is 12.2. The standard InChI is InChI=1S/C28H29N3O4/c1-2-7-26(32)31-15-6-8-20(19-31)16-21-17-25(27(29)33)28(30-18-21)35-24-13-11-23(12-14-24)34-22-9-4-3-5-10-22/h2-5,7,9-14,17-18,20H,6,8,15-16,19H2,1H3,(H2,29,33)/b7-2+. The number of para-hydroxylation sites is 1. The van der Waals surface area contributed by atoms with E-state index in [1.165, 1.54) is 0 Å². The Bertz CT molecular complexity index is 1190. The van der Waals surface area contributed by atoms with Crippen LogP contribution in [0.4, 0.5) is 0 Å². The van der Waals surface area contributed by atoms with Crippen LogP contribution in [-0.2, 0) is 11.2 Å². The molecule has 0 bridgehead atoms. The average molecular weight is 472 g/mol. The van der Waals surface area contributed by atoms with Gasteiger partial charge in [0.25, 0.3) is 5.91 Å². The summed E-state index contributed by atoms with van der Waals surface area (Å²) in [6.45, 7) is 3.30. The minimum Gasteiger partial charge on any atom is -0.457 e. The third-order valence-corrected chi connectivity index (χ3v) is 5.85. The number of hydrogen-bond acceptors (Lipinski definition) is 5. The van der Waals surface area contributed by atoms with Gasteiger partial charge in [0.1, 0.15) is 22.8 Å². The summed E-state index contributed by atoms with van der Waals surface area (Å²) < 4.78 is 11.7. The second-order valence-corrected chi connectivity index (χ2v) is 8.55. The first kappa shape index (κ1) is 24.0. The molecule has 2 aromatic carbocycles. The molecule has 1 unspecified atom stereocenters. The number of allylic oxidation sites excluding steroid dienone is 1. The lowest BCUT2D eigenvalue weighted by atomic mass is 9.91. The molecule has 180 valence electrons. The van der Waals surface area contributed by atoms with Crippen molar-refractivity contribution in [3.05, 3.63) is 90.1 Å². The Kier molecular flexibility index (Phi) is 7.77. The number of ether oxygens (including phenoxy) is 2. The topological polar surface area (TPSA) is 94.8 Å². The van der Waals surface area contributed by atoms with E-state index in [-0.39, 0.29) is 17.4 Å². The van der Waals surface area contributed by atoms with E-state index in [1.807, 2.05) is 42.2 Å². The number of nitrogens with zero attached hydrogens (tertiary/aromatic N) is 2. The van der Waals surface area contributed by atoms with Gasteiger partial charge in [-0.25, -0.2) is 4.98 Å². The fraction of sp³-hybridized carbons (Fsp3) is 0.250. The van der Waals surface area contributed by atoms with Gasteiger partial charge in [-0.05, 0) is 86.2 Å². The van der Waals surface area contributed by atoms with Crippen molar-refractivity contribution in [2.45, 2.75) is 26.2 Å². The number of aromatic nitrogens is 1. The van der Waals surface area contributed by atoms with Crippen molar-refractivity contribution in [1.82, 2.24) is 9.88 Å². The third-order valence-electron chi connectivity index (χ3n) is 5.85. The van der Waals surface area contributed by atoms with Crippen molar-refractivity contribution in [3.63, 3.8) is 0 Å². The van der Waals surface area contributed by atoms with Crippen LogP contribution in [0.15, 0.2) is 79.0 Å². The van der Waals surface area contributed by atoms with E-state index in [9.17, 15) is 9.59 Å². The number of likely N-dealkylation sites (tertiary alicyclic amines) is 1. The minimum absolute atomic E-state index is 0.0390. The summed E-state index contributed by atoms with van der Waals surface area (Å²) in [7, 11) is 0. The number of primary amides is 1. The minimum atomic E-state index is -0.605. The molecular weight excluding hydrogens is 442 g/mol. The van der Waals surface area contributed by atoms with E-state index in [1.54, 1.807) is 48.7 Å². The molecular formula is C28H29N3O4. The predicted octanol–water partition coefficient (Wildman–Crippen LogP) is 5.12. The van der Waals surface area contributed by atoms with Gasteiger partial charge in [-0.1, -0.05) is 24.3 Å². The molecule has 0 saturated carbocycles. The number of carbonyl (C=O) groups is 2. The Hall–Kier alpha value is -4.13. The van der Waals surface area contributed by atoms with Crippen LogP contribution in [0.5, 0.6) is 23.1 Å². The number of pyridine rings is 1. The van der Waals surface area contributed by atoms with Crippen molar-refractivity contribution < 1.29 is 19.1 Å². The number of benzene rings is 2. The van der Waals surface area contributed by atoms with Gasteiger partial charge >= 0.3 is 0 Å². The Morgan fingerprint density at radius 1 is 1.06 bits per heavy atom. The fourth-order valence-corrected chi connectivity index (χ4v) is 4.19. The Morgan fingerprint density at radius 2 is 1.74 bits per heavy atom. The van der Waals surface area contributed by atoms with E-state index in [0.29, 0.717) is 30.4 Å². The first-order chi connectivity index (χ1) is 17.0. The van der Waals surface area contributed by atoms with Crippen molar-refractivity contribution >= 4 is 11.8 Å². The zero-order valence-electron chi connectivity index (χ0n) is 19.7. The third kappa shape index (κ3) is 6.47. The van der Waals surface area contributed by atoms with Gasteiger partial charge in [-0.3, -0.25) is 9.59 Å². The van der Waals surface area contributed by atoms with Crippen LogP contribution in [0.2, 0.25) is 0 Å². The highest BCUT2D eigenvalue weighted by Crippen LogP contribution is 2.29. The normalized spacial score (nSPS) is 15.7. The molecule has 2 amide bonds. The molecule has 0 radical (unpaired) electrons. The highest BCUT2D eigenvalue weighted by molar-refractivity contribution is 5.95. The first-order valence-corrected chi connectivity index (χ1v) is 11.7. The van der Waals surface area contributed by atoms with Crippen LogP contribution in [0.1, 0.15) is 35.7 Å². The summed E-state index contributed by atoms with van der Waals surface area (Å²) in [6, 6.07) is 18.3. The molecule has 1 aliphatic heterocycles. The average Bonchev–Trinajstić information content (AvgIpc) is 2.87. The molecule has 35 heavy (non-hydrogen) atoms. The lowest BCUT2D eigenvalue weighted by Crippen LogP contribution is -2.39. The molecule has 1 saturated heterocycles. The maximum Gasteiger partial charge on any atom is 0.254 e. The van der Waals surface area contributed by atoms with Gasteiger partial charge in [-0.2, -0.15) is 0 Å². The molecule has 1 aromatic heterocycles. The van der Waals surface area contributed by atoms with Crippen LogP contribution in [0.25, 0.3) is 0 Å². The monoisotopic (exact) mass is 471 g/mol. The molecule has 7 nitrogen and oxygen atoms in total. The van der Waals surface area contributed by atoms with Gasteiger partial charge in [0.2, 0.25) is 11.8 Å². The zero-order chi connectivity index (χ0) is 24.6. The van der Waals surface area contributed by atoms with E-state index in [0.717, 1.165) is 30.7 Å². The molecule has 7 heteroatoms. The predicted molar refractivity (Wildman–Crippen MR) is 134 cm³/mol. The van der Waals surface area contributed by atoms with Crippen LogP contribution in [-0.4, -0.2) is 34.8 Å². The van der Waals surface area contributed by atoms with Crippen LogP contribution in [0.3, 0.4) is 0 Å². The van der Waals surface area contributed by atoms with Gasteiger partial charge < -0.3 is 20.1 Å². The number of carbonyl (C=O) groups excluding carboxylic acids is 2. The summed E-state index contributed by atoms with van der Waals surface area (Å²) in [5, 5.41) is 0. The summed E-state index contributed by atoms with van der Waals surface area (Å²) >= 11 is 0. The summed E-state index contributed by atoms with van der Waals surface area (Å²) in [5.74, 6) is 1.80. The molecule has 1 atom stereocenters. The van der Waals surface area contributed by atoms with Crippen molar-refractivity contribution in [1.29, 1.82) is 0 Å². The number of amides is 2. The maximum absolute atomic E-state index is 12.2. The van der Waals surface area contributed by atoms with E-state index >= 15 is 0 Å². The van der Waals surface area contributed by atoms with Crippen LogP contribution < -0.4 is 15.2 Å². The molecule has 3 aromatic rings. The molecule has 0 spiro atoms. The highest BCUT2D eigenvalue weighted by atomic mass is 16.5. The van der Waals surface area contributed by atoms with E-state index < -0.39 is 5.91 Å². The van der Waals surface area contributed by atoms with Crippen LogP contribution >= 0.6 is 0 Å². The first-order valence-electron chi connectivity index (χ1n) is 11.7. The van der Waals surface area contributed by atoms with Crippen molar-refractivity contribution in [2.75, 3.05) is 13.1 Å². The number of nitrogens with two attached hydrogens (primary N) is 1. The number of piperidine rings is 1. The molecule has 4 rings (SSSR count). The lowest BCUT2D eigenvalue weighted by Gasteiger charge is -2.32. The van der Waals surface area contributed by atoms with E-state index in [4.69, 9.17) is 15.2 Å². The number of hydrogen-bond donors (Lipinski definition) is 1. The summed E-state index contributed by atoms with van der Waals surface area (Å²) in [6.07, 6.45) is 7.75. The Morgan fingerprint density at radius 3 is 2.43 bits per heavy atom. The molecule has 2 N–H and O–H groups in total. The van der Waals surface area contributed by atoms with E-state index in [2.05, 4.69) is 4.98 Å². The van der Waals surface area contributed by atoms with Crippen LogP contribution in [0, 0.1) is 5.92 Å². The smallest absolute Gasteiger partial charge is 0.254 e. The number of rotatable bonds is 8. The molecule has 1 aliphatic rings. The largest absolute Gasteiger partial charge is 0.457 e. The quantitative estimate of drug-likeness (QED) is 0.460. The van der Waals surface area contributed by atoms with Gasteiger partial charge in [0.05, 0.1) is 0 Å². The Labute approximate surface area is 205 Å². The van der Waals surface area contributed by atoms with Crippen molar-refractivity contribution in [3.8, 4) is 23.1 Å². The molecule has 1 fully saturated rings. The molecule has 0 aliphatic carbocycles. The molecule has 2 heterocycles. The summed E-state index contributed by atoms with van der Waals surface area (Å²) in [5.41, 5.74) is 6.75. The lowest BCUT2D eigenvalue weighted by molar-refractivity contribution is -0.127. The second-order valence-electron chi connectivity index (χ2n) is 8.55. The van der Waals surface area contributed by atoms with Gasteiger partial charge in [0, 0.05) is 19.3 Å². The van der Waals surface area contributed by atoms with Gasteiger partial charge in [0.15, 0.2) is 0 Å². The SMILES string of the molecule is C/C=C/C(=O)N1CCCC(Cc2cnc(Oc3ccc(Oc4ccccc4)cc3)c(C(N)=O)c2)C1.